The molecule has 0 saturated carbocycles. The maximum absolute atomic E-state index is 11.0. The quantitative estimate of drug-likeness (QED) is 0.486. The van der Waals surface area contributed by atoms with Gasteiger partial charge in [0.2, 0.25) is 0 Å². The first kappa shape index (κ1) is 12.6. The Labute approximate surface area is 98.5 Å². The molecule has 0 fully saturated rings. The molecule has 1 N–H and O–H groups in total. The van der Waals surface area contributed by atoms with Gasteiger partial charge in [0.15, 0.2) is 11.5 Å². The Morgan fingerprint density at radius 1 is 1.47 bits per heavy atom. The van der Waals surface area contributed by atoms with Gasteiger partial charge in [-0.2, -0.15) is 5.26 Å². The Bertz CT molecular complexity index is 500. The number of nitriles is 1. The summed E-state index contributed by atoms with van der Waals surface area (Å²) in [6.45, 7) is 0. The van der Waals surface area contributed by atoms with Gasteiger partial charge in [-0.25, -0.2) is 4.79 Å². The number of carbonyl (C=O) groups is 1. The van der Waals surface area contributed by atoms with Crippen molar-refractivity contribution in [3.63, 3.8) is 0 Å². The number of allylic oxidation sites excluding steroid dienone is 1. The lowest BCUT2D eigenvalue weighted by molar-refractivity contribution is -0.134. The first-order valence-electron chi connectivity index (χ1n) is 4.69. The molecule has 0 aliphatic rings. The number of rotatable bonds is 3. The van der Waals surface area contributed by atoms with Gasteiger partial charge in [-0.1, -0.05) is 0 Å². The molecule has 0 bridgehead atoms. The number of ether oxygens (including phenoxy) is 2. The Balaban J connectivity index is 3.15. The number of carbonyl (C=O) groups excluding carboxylic acids is 1. The fourth-order valence-corrected chi connectivity index (χ4v) is 1.21. The lowest BCUT2D eigenvalue weighted by Crippen LogP contribution is -1.96. The van der Waals surface area contributed by atoms with Gasteiger partial charge in [0, 0.05) is 6.08 Å². The summed E-state index contributed by atoms with van der Waals surface area (Å²) in [7, 11) is 2.64. The molecular formula is C12H11NO4. The molecule has 0 heterocycles. The van der Waals surface area contributed by atoms with E-state index in [-0.39, 0.29) is 11.3 Å². The number of methoxy groups -OCH3 is 2. The second-order valence-corrected chi connectivity index (χ2v) is 3.08. The van der Waals surface area contributed by atoms with Crippen LogP contribution in [-0.2, 0) is 9.53 Å². The zero-order valence-electron chi connectivity index (χ0n) is 9.43. The topological polar surface area (TPSA) is 79.6 Å². The van der Waals surface area contributed by atoms with E-state index < -0.39 is 5.97 Å². The zero-order chi connectivity index (χ0) is 12.8. The zero-order valence-corrected chi connectivity index (χ0v) is 9.43. The molecule has 1 aromatic carbocycles. The first-order chi connectivity index (χ1) is 8.12. The summed E-state index contributed by atoms with van der Waals surface area (Å²) in [6, 6.07) is 6.27. The summed E-state index contributed by atoms with van der Waals surface area (Å²) in [5.41, 5.74) is 0.519. The standard InChI is InChI=1S/C12H11NO4/c1-16-11-4-3-8(5-10(11)14)9(7-13)6-12(15)17-2/h3-6,14H,1-2H3. The highest BCUT2D eigenvalue weighted by molar-refractivity contribution is 5.95. The molecule has 0 aliphatic carbocycles. The van der Waals surface area contributed by atoms with E-state index in [2.05, 4.69) is 4.74 Å². The van der Waals surface area contributed by atoms with Crippen LogP contribution in [0, 0.1) is 11.3 Å². The Morgan fingerprint density at radius 2 is 2.18 bits per heavy atom. The van der Waals surface area contributed by atoms with Crippen LogP contribution in [0.5, 0.6) is 11.5 Å². The highest BCUT2D eigenvalue weighted by Crippen LogP contribution is 2.29. The van der Waals surface area contributed by atoms with Crippen LogP contribution < -0.4 is 4.74 Å². The molecule has 5 nitrogen and oxygen atoms in total. The molecule has 17 heavy (non-hydrogen) atoms. The molecule has 0 unspecified atom stereocenters. The van der Waals surface area contributed by atoms with Crippen molar-refractivity contribution in [3.8, 4) is 17.6 Å². The van der Waals surface area contributed by atoms with E-state index in [0.29, 0.717) is 11.3 Å². The Morgan fingerprint density at radius 3 is 2.65 bits per heavy atom. The van der Waals surface area contributed by atoms with Gasteiger partial charge in [0.05, 0.1) is 19.8 Å². The van der Waals surface area contributed by atoms with Crippen LogP contribution in [0.1, 0.15) is 5.56 Å². The van der Waals surface area contributed by atoms with Crippen molar-refractivity contribution in [1.29, 1.82) is 5.26 Å². The maximum atomic E-state index is 11.0. The molecule has 1 aromatic rings. The van der Waals surface area contributed by atoms with Crippen LogP contribution in [0.15, 0.2) is 24.3 Å². The summed E-state index contributed by atoms with van der Waals surface area (Å²) >= 11 is 0. The number of benzene rings is 1. The highest BCUT2D eigenvalue weighted by Gasteiger charge is 2.08. The van der Waals surface area contributed by atoms with Crippen molar-refractivity contribution < 1.29 is 19.4 Å². The molecule has 0 spiro atoms. The molecule has 1 rings (SSSR count). The van der Waals surface area contributed by atoms with Crippen LogP contribution in [0.4, 0.5) is 0 Å². The number of esters is 1. The SMILES string of the molecule is COC(=O)C=C(C#N)c1ccc(OC)c(O)c1. The van der Waals surface area contributed by atoms with Crippen LogP contribution >= 0.6 is 0 Å². The summed E-state index contributed by atoms with van der Waals surface area (Å²) in [6.07, 6.45) is 1.06. The van der Waals surface area contributed by atoms with Crippen molar-refractivity contribution in [3.05, 3.63) is 29.8 Å². The summed E-state index contributed by atoms with van der Waals surface area (Å²) < 4.78 is 9.30. The third-order valence-corrected chi connectivity index (χ3v) is 2.07. The number of hydrogen-bond donors (Lipinski definition) is 1. The van der Waals surface area contributed by atoms with E-state index in [1.54, 1.807) is 6.07 Å². The smallest absolute Gasteiger partial charge is 0.331 e. The summed E-state index contributed by atoms with van der Waals surface area (Å²) in [4.78, 5) is 11.0. The molecule has 0 aromatic heterocycles. The van der Waals surface area contributed by atoms with Crippen LogP contribution in [-0.4, -0.2) is 25.3 Å². The third-order valence-electron chi connectivity index (χ3n) is 2.07. The summed E-state index contributed by atoms with van der Waals surface area (Å²) in [5.74, 6) is -0.433. The van der Waals surface area contributed by atoms with Crippen LogP contribution in [0.2, 0.25) is 0 Å². The minimum absolute atomic E-state index is 0.101. The van der Waals surface area contributed by atoms with Crippen molar-refractivity contribution in [2.24, 2.45) is 0 Å². The third kappa shape index (κ3) is 2.98. The Kier molecular flexibility index (Phi) is 4.12. The average molecular weight is 233 g/mol. The van der Waals surface area contributed by atoms with Gasteiger partial charge in [-0.3, -0.25) is 0 Å². The summed E-state index contributed by atoms with van der Waals surface area (Å²) in [5, 5.41) is 18.5. The van der Waals surface area contributed by atoms with Crippen LogP contribution in [0.3, 0.4) is 0 Å². The molecule has 0 saturated heterocycles. The number of hydrogen-bond acceptors (Lipinski definition) is 5. The Hall–Kier alpha value is -2.48. The average Bonchev–Trinajstić information content (AvgIpc) is 2.35. The normalized spacial score (nSPS) is 10.5. The van der Waals surface area contributed by atoms with E-state index in [1.807, 2.05) is 6.07 Å². The number of phenolic OH excluding ortho intramolecular Hbond substituents is 1. The molecule has 88 valence electrons. The second kappa shape index (κ2) is 5.56. The van der Waals surface area contributed by atoms with E-state index in [4.69, 9.17) is 10.00 Å². The van der Waals surface area contributed by atoms with Crippen LogP contribution in [0.25, 0.3) is 5.57 Å². The second-order valence-electron chi connectivity index (χ2n) is 3.08. The van der Waals surface area contributed by atoms with E-state index in [1.165, 1.54) is 26.4 Å². The van der Waals surface area contributed by atoms with E-state index >= 15 is 0 Å². The lowest BCUT2D eigenvalue weighted by atomic mass is 10.1. The molecular weight excluding hydrogens is 222 g/mol. The fraction of sp³-hybridized carbons (Fsp3) is 0.167. The monoisotopic (exact) mass is 233 g/mol. The highest BCUT2D eigenvalue weighted by atomic mass is 16.5. The van der Waals surface area contributed by atoms with E-state index in [0.717, 1.165) is 6.08 Å². The van der Waals surface area contributed by atoms with E-state index in [9.17, 15) is 9.90 Å². The molecule has 0 aliphatic heterocycles. The number of phenols is 1. The molecule has 5 heteroatoms. The van der Waals surface area contributed by atoms with Crippen molar-refractivity contribution in [2.45, 2.75) is 0 Å². The van der Waals surface area contributed by atoms with Gasteiger partial charge in [0.25, 0.3) is 0 Å². The molecule has 0 radical (unpaired) electrons. The first-order valence-corrected chi connectivity index (χ1v) is 4.69. The van der Waals surface area contributed by atoms with Gasteiger partial charge >= 0.3 is 5.97 Å². The van der Waals surface area contributed by atoms with Crippen molar-refractivity contribution >= 4 is 11.5 Å². The predicted molar refractivity (Wildman–Crippen MR) is 60.3 cm³/mol. The minimum Gasteiger partial charge on any atom is -0.504 e. The predicted octanol–water partition coefficient (Wildman–Crippen LogP) is 1.48. The van der Waals surface area contributed by atoms with Gasteiger partial charge in [0.1, 0.15) is 6.07 Å². The number of nitrogens with zero attached hydrogens (tertiary/aromatic N) is 1. The van der Waals surface area contributed by atoms with Gasteiger partial charge in [-0.15, -0.1) is 0 Å². The maximum Gasteiger partial charge on any atom is 0.331 e. The fourth-order valence-electron chi connectivity index (χ4n) is 1.21. The van der Waals surface area contributed by atoms with Crippen molar-refractivity contribution in [1.82, 2.24) is 0 Å². The van der Waals surface area contributed by atoms with Crippen molar-refractivity contribution in [2.75, 3.05) is 14.2 Å². The van der Waals surface area contributed by atoms with Gasteiger partial charge in [-0.05, 0) is 23.8 Å². The number of aromatic hydroxyl groups is 1. The molecule has 0 atom stereocenters. The minimum atomic E-state index is -0.628. The lowest BCUT2D eigenvalue weighted by Gasteiger charge is -2.05. The molecule has 0 amide bonds. The van der Waals surface area contributed by atoms with Gasteiger partial charge < -0.3 is 14.6 Å². The largest absolute Gasteiger partial charge is 0.504 e.